The second kappa shape index (κ2) is 13.0. The summed E-state index contributed by atoms with van der Waals surface area (Å²) >= 11 is 0. The molecule has 0 aromatic heterocycles. The average molecular weight is 483 g/mol. The van der Waals surface area contributed by atoms with Gasteiger partial charge in [0.2, 0.25) is 5.91 Å². The highest BCUT2D eigenvalue weighted by atomic mass is 19.1. The predicted molar refractivity (Wildman–Crippen MR) is 138 cm³/mol. The highest BCUT2D eigenvalue weighted by Gasteiger charge is 2.35. The smallest absolute Gasteiger partial charge is 0.220 e. The summed E-state index contributed by atoms with van der Waals surface area (Å²) in [5.41, 5.74) is 2.04. The van der Waals surface area contributed by atoms with Gasteiger partial charge in [0.25, 0.3) is 0 Å². The van der Waals surface area contributed by atoms with Gasteiger partial charge in [0.05, 0.1) is 12.3 Å². The largest absolute Gasteiger partial charge is 0.383 e. The number of para-hydroxylation sites is 1. The van der Waals surface area contributed by atoms with Gasteiger partial charge in [-0.2, -0.15) is 0 Å². The summed E-state index contributed by atoms with van der Waals surface area (Å²) in [6.45, 7) is 7.61. The van der Waals surface area contributed by atoms with Crippen molar-refractivity contribution in [2.75, 3.05) is 64.4 Å². The number of hydrogen-bond acceptors (Lipinski definition) is 5. The molecule has 0 bridgehead atoms. The monoisotopic (exact) mass is 482 g/mol. The molecule has 2 aliphatic heterocycles. The van der Waals surface area contributed by atoms with Gasteiger partial charge in [-0.1, -0.05) is 42.5 Å². The van der Waals surface area contributed by atoms with Crippen molar-refractivity contribution in [1.29, 1.82) is 0 Å². The molecule has 2 saturated heterocycles. The molecular formula is C28H39FN4O2. The van der Waals surface area contributed by atoms with Crippen molar-refractivity contribution in [3.05, 3.63) is 66.0 Å². The van der Waals surface area contributed by atoms with E-state index in [0.29, 0.717) is 37.2 Å². The molecule has 1 amide bonds. The minimum atomic E-state index is -0.146. The second-order valence-electron chi connectivity index (χ2n) is 9.69. The van der Waals surface area contributed by atoms with E-state index in [4.69, 9.17) is 4.74 Å². The number of likely N-dealkylation sites (tertiary alicyclic amines) is 1. The van der Waals surface area contributed by atoms with Crippen LogP contribution in [0.2, 0.25) is 0 Å². The topological polar surface area (TPSA) is 48.1 Å². The average Bonchev–Trinajstić information content (AvgIpc) is 2.89. The normalized spacial score (nSPS) is 21.7. The van der Waals surface area contributed by atoms with E-state index in [1.807, 2.05) is 12.1 Å². The fourth-order valence-corrected chi connectivity index (χ4v) is 5.54. The van der Waals surface area contributed by atoms with E-state index in [-0.39, 0.29) is 11.7 Å². The Labute approximate surface area is 209 Å². The number of anilines is 1. The number of piperazine rings is 1. The molecule has 0 unspecified atom stereocenters. The van der Waals surface area contributed by atoms with Gasteiger partial charge in [-0.05, 0) is 43.0 Å². The number of carbonyl (C=O) groups is 1. The van der Waals surface area contributed by atoms with E-state index in [2.05, 4.69) is 50.3 Å². The van der Waals surface area contributed by atoms with Crippen LogP contribution in [0.4, 0.5) is 10.1 Å². The summed E-state index contributed by atoms with van der Waals surface area (Å²) in [5.74, 6) is 0.388. The van der Waals surface area contributed by atoms with Crippen LogP contribution in [0.25, 0.3) is 0 Å². The van der Waals surface area contributed by atoms with Crippen LogP contribution < -0.4 is 10.2 Å². The summed E-state index contributed by atoms with van der Waals surface area (Å²) in [5, 5.41) is 2.96. The maximum absolute atomic E-state index is 14.3. The van der Waals surface area contributed by atoms with Crippen molar-refractivity contribution in [2.45, 2.75) is 31.8 Å². The van der Waals surface area contributed by atoms with Crippen LogP contribution in [0.15, 0.2) is 54.6 Å². The minimum Gasteiger partial charge on any atom is -0.383 e. The molecule has 2 aromatic carbocycles. The van der Waals surface area contributed by atoms with E-state index in [1.54, 1.807) is 13.2 Å². The van der Waals surface area contributed by atoms with E-state index < -0.39 is 0 Å². The first-order valence-electron chi connectivity index (χ1n) is 12.9. The molecule has 0 spiro atoms. The number of ether oxygens (including phenoxy) is 1. The van der Waals surface area contributed by atoms with Crippen LogP contribution >= 0.6 is 0 Å². The fraction of sp³-hybridized carbons (Fsp3) is 0.536. The Kier molecular flexibility index (Phi) is 9.51. The lowest BCUT2D eigenvalue weighted by molar-refractivity contribution is -0.121. The zero-order chi connectivity index (χ0) is 24.5. The van der Waals surface area contributed by atoms with Gasteiger partial charge >= 0.3 is 0 Å². The number of nitrogens with one attached hydrogen (secondary N) is 1. The van der Waals surface area contributed by atoms with E-state index in [9.17, 15) is 9.18 Å². The van der Waals surface area contributed by atoms with Crippen LogP contribution in [-0.4, -0.2) is 81.3 Å². The third kappa shape index (κ3) is 7.26. The van der Waals surface area contributed by atoms with E-state index in [1.165, 1.54) is 11.6 Å². The van der Waals surface area contributed by atoms with Gasteiger partial charge in [-0.15, -0.1) is 0 Å². The Morgan fingerprint density at radius 3 is 2.51 bits per heavy atom. The molecule has 7 heteroatoms. The number of halogens is 1. The first kappa shape index (κ1) is 25.6. The Hall–Kier alpha value is -2.48. The maximum Gasteiger partial charge on any atom is 0.220 e. The standard InChI is InChI=1S/C28H39FN4O2/c1-35-20-14-30-28(34)12-11-24-22-31(21-23-7-3-2-4-8-23)15-13-26(24)32-16-18-33(19-17-32)27-10-6-5-9-25(27)29/h2-10,24,26H,11-22H2,1H3,(H,30,34)/t24-,26+/m1/s1. The van der Waals surface area contributed by atoms with Crippen LogP contribution in [0, 0.1) is 11.7 Å². The third-order valence-corrected chi connectivity index (χ3v) is 7.37. The van der Waals surface area contributed by atoms with Crippen LogP contribution in [-0.2, 0) is 16.1 Å². The number of nitrogens with zero attached hydrogens (tertiary/aromatic N) is 3. The second-order valence-corrected chi connectivity index (χ2v) is 9.69. The summed E-state index contributed by atoms with van der Waals surface area (Å²) in [6, 6.07) is 18.1. The van der Waals surface area contributed by atoms with Crippen LogP contribution in [0.1, 0.15) is 24.8 Å². The number of benzene rings is 2. The van der Waals surface area contributed by atoms with Gasteiger partial charge < -0.3 is 15.0 Å². The molecule has 4 rings (SSSR count). The molecule has 0 saturated carbocycles. The van der Waals surface area contributed by atoms with Gasteiger partial charge in [0, 0.05) is 65.4 Å². The minimum absolute atomic E-state index is 0.102. The highest BCUT2D eigenvalue weighted by Crippen LogP contribution is 2.29. The molecule has 2 heterocycles. The zero-order valence-electron chi connectivity index (χ0n) is 20.9. The Bertz CT molecular complexity index is 920. The number of methoxy groups -OCH3 is 1. The molecule has 190 valence electrons. The van der Waals surface area contributed by atoms with E-state index in [0.717, 1.165) is 58.7 Å². The van der Waals surface area contributed by atoms with Crippen molar-refractivity contribution >= 4 is 11.6 Å². The van der Waals surface area contributed by atoms with Gasteiger partial charge in [-0.3, -0.25) is 14.6 Å². The van der Waals surface area contributed by atoms with Gasteiger partial charge in [0.1, 0.15) is 5.82 Å². The number of hydrogen-bond donors (Lipinski definition) is 1. The van der Waals surface area contributed by atoms with Crippen molar-refractivity contribution in [2.24, 2.45) is 5.92 Å². The SMILES string of the molecule is COCCNC(=O)CC[C@@H]1CN(Cc2ccccc2)CC[C@@H]1N1CCN(c2ccccc2F)CC1. The predicted octanol–water partition coefficient (Wildman–Crippen LogP) is 3.38. The first-order chi connectivity index (χ1) is 17.1. The molecule has 2 atom stereocenters. The number of rotatable bonds is 10. The van der Waals surface area contributed by atoms with Crippen LogP contribution in [0.5, 0.6) is 0 Å². The molecular weight excluding hydrogens is 443 g/mol. The molecule has 2 aliphatic rings. The lowest BCUT2D eigenvalue weighted by Crippen LogP contribution is -2.56. The van der Waals surface area contributed by atoms with Crippen molar-refractivity contribution in [3.63, 3.8) is 0 Å². The quantitative estimate of drug-likeness (QED) is 0.526. The first-order valence-corrected chi connectivity index (χ1v) is 12.9. The third-order valence-electron chi connectivity index (χ3n) is 7.37. The van der Waals surface area contributed by atoms with Crippen molar-refractivity contribution < 1.29 is 13.9 Å². The number of carbonyl (C=O) groups excluding carboxylic acids is 1. The zero-order valence-corrected chi connectivity index (χ0v) is 20.9. The highest BCUT2D eigenvalue weighted by molar-refractivity contribution is 5.75. The van der Waals surface area contributed by atoms with E-state index >= 15 is 0 Å². The molecule has 0 radical (unpaired) electrons. The summed E-state index contributed by atoms with van der Waals surface area (Å²) in [6.07, 6.45) is 2.52. The Morgan fingerprint density at radius 2 is 1.77 bits per heavy atom. The van der Waals surface area contributed by atoms with Crippen molar-refractivity contribution in [1.82, 2.24) is 15.1 Å². The molecule has 6 nitrogen and oxygen atoms in total. The van der Waals surface area contributed by atoms with Crippen LogP contribution in [0.3, 0.4) is 0 Å². The lowest BCUT2D eigenvalue weighted by atomic mass is 9.86. The molecule has 0 aliphatic carbocycles. The Morgan fingerprint density at radius 1 is 1.03 bits per heavy atom. The molecule has 2 fully saturated rings. The summed E-state index contributed by atoms with van der Waals surface area (Å²) < 4.78 is 19.3. The maximum atomic E-state index is 14.3. The fourth-order valence-electron chi connectivity index (χ4n) is 5.54. The van der Waals surface area contributed by atoms with Crippen molar-refractivity contribution in [3.8, 4) is 0 Å². The van der Waals surface area contributed by atoms with Gasteiger partial charge in [-0.25, -0.2) is 4.39 Å². The lowest BCUT2D eigenvalue weighted by Gasteiger charge is -2.47. The number of piperidine rings is 1. The Balaban J connectivity index is 1.36. The van der Waals surface area contributed by atoms with Gasteiger partial charge in [0.15, 0.2) is 0 Å². The molecule has 35 heavy (non-hydrogen) atoms. The summed E-state index contributed by atoms with van der Waals surface area (Å²) in [7, 11) is 1.64. The molecule has 1 N–H and O–H groups in total. The summed E-state index contributed by atoms with van der Waals surface area (Å²) in [4.78, 5) is 19.7. The molecule has 2 aromatic rings. The number of amides is 1.